The molecule has 3 fully saturated rings. The van der Waals surface area contributed by atoms with Gasteiger partial charge in [-0.3, -0.25) is 9.59 Å². The van der Waals surface area contributed by atoms with Crippen molar-refractivity contribution in [3.05, 3.63) is 11.9 Å². The van der Waals surface area contributed by atoms with Gasteiger partial charge in [0.2, 0.25) is 11.8 Å². The maximum Gasteiger partial charge on any atom is 0.364 e. The SMILES string of the molecule is CC(=O)N[C@H]1C([C@H](O)[C@H](O)CO)O[C@@](OCc2cn(CCOCCOCCNC(=O)CCCC[C@H]3SC[C@H]4NC(=O)N[C@H]43)nn2)(C(=O)O)C[C@H]1O. The Morgan fingerprint density at radius 1 is 1.18 bits per heavy atom. The summed E-state index contributed by atoms with van der Waals surface area (Å²) >= 11 is 1.86. The maximum absolute atomic E-state index is 12.3. The third-order valence-electron chi connectivity index (χ3n) is 8.71. The Hall–Kier alpha value is -3.15. The van der Waals surface area contributed by atoms with Gasteiger partial charge in [0.25, 0.3) is 5.79 Å². The highest BCUT2D eigenvalue weighted by molar-refractivity contribution is 8.00. The summed E-state index contributed by atoms with van der Waals surface area (Å²) in [5.74, 6) is -3.83. The van der Waals surface area contributed by atoms with Crippen LogP contribution < -0.4 is 21.3 Å². The molecule has 0 aliphatic carbocycles. The Balaban J connectivity index is 1.07. The fraction of sp³-hybridized carbons (Fsp3) is 0.800. The number of rotatable bonds is 22. The fourth-order valence-electron chi connectivity index (χ4n) is 6.09. The number of hydrogen-bond donors (Lipinski definition) is 9. The van der Waals surface area contributed by atoms with Gasteiger partial charge in [0.1, 0.15) is 24.0 Å². The van der Waals surface area contributed by atoms with Gasteiger partial charge in [-0.1, -0.05) is 11.6 Å². The smallest absolute Gasteiger partial charge is 0.364 e. The van der Waals surface area contributed by atoms with E-state index in [-0.39, 0.29) is 36.3 Å². The first-order valence-corrected chi connectivity index (χ1v) is 17.9. The van der Waals surface area contributed by atoms with E-state index in [0.29, 0.717) is 44.6 Å². The first-order valence-electron chi connectivity index (χ1n) is 16.9. The van der Waals surface area contributed by atoms with Crippen LogP contribution in [0.1, 0.15) is 44.7 Å². The molecule has 1 aromatic rings. The molecule has 288 valence electrons. The molecule has 1 unspecified atom stereocenters. The van der Waals surface area contributed by atoms with E-state index in [2.05, 4.69) is 31.6 Å². The number of urea groups is 1. The number of aliphatic hydroxyl groups excluding tert-OH is 4. The highest BCUT2D eigenvalue weighted by Crippen LogP contribution is 2.35. The van der Waals surface area contributed by atoms with E-state index in [1.807, 2.05) is 11.8 Å². The number of unbranched alkanes of at least 4 members (excludes halogenated alkanes) is 1. The molecule has 0 bridgehead atoms. The lowest BCUT2D eigenvalue weighted by Crippen LogP contribution is -2.67. The minimum absolute atomic E-state index is 0.0290. The number of carbonyl (C=O) groups is 4. The van der Waals surface area contributed by atoms with Crippen molar-refractivity contribution in [2.24, 2.45) is 0 Å². The zero-order chi connectivity index (χ0) is 37.0. The monoisotopic (exact) mass is 747 g/mol. The quantitative estimate of drug-likeness (QED) is 0.0418. The molecule has 3 saturated heterocycles. The van der Waals surface area contributed by atoms with Crippen molar-refractivity contribution in [3.8, 4) is 0 Å². The van der Waals surface area contributed by atoms with Crippen LogP contribution in [0.3, 0.4) is 0 Å². The van der Waals surface area contributed by atoms with Gasteiger partial charge in [0.05, 0.1) is 76.6 Å². The molecule has 51 heavy (non-hydrogen) atoms. The van der Waals surface area contributed by atoms with Gasteiger partial charge >= 0.3 is 12.0 Å². The molecule has 1 aromatic heterocycles. The number of carbonyl (C=O) groups excluding carboxylic acids is 3. The second-order valence-corrected chi connectivity index (χ2v) is 13.9. The van der Waals surface area contributed by atoms with Crippen molar-refractivity contribution in [2.45, 2.75) is 106 Å². The van der Waals surface area contributed by atoms with Crippen LogP contribution in [0.25, 0.3) is 0 Å². The molecule has 0 saturated carbocycles. The van der Waals surface area contributed by atoms with Crippen molar-refractivity contribution in [1.82, 2.24) is 36.3 Å². The zero-order valence-electron chi connectivity index (χ0n) is 28.3. The lowest BCUT2D eigenvalue weighted by Gasteiger charge is -2.46. The molecule has 20 nitrogen and oxygen atoms in total. The standard InChI is InChI=1S/C30H49N7O13S/c1-17(39)32-25-20(40)12-30(28(44)45,50-27(25)26(43)21(41)14-38)49-15-18-13-37(36-35-18)7-9-48-11-10-47-8-6-31-23(42)5-3-2-4-22-24-19(16-51-22)33-29(46)34-24/h13,19-22,24-27,38,40-41,43H,2-12,14-16H2,1H3,(H,31,42)(H,32,39)(H,44,45)(H2,33,34,46)/t19-,20-,21-,22-,24-,25-,26-,27?,30-/m1/s1. The third-order valence-corrected chi connectivity index (χ3v) is 10.2. The molecule has 4 rings (SSSR count). The molecule has 0 spiro atoms. The van der Waals surface area contributed by atoms with Crippen molar-refractivity contribution >= 4 is 35.6 Å². The van der Waals surface area contributed by atoms with Gasteiger partial charge in [-0.15, -0.1) is 5.10 Å². The van der Waals surface area contributed by atoms with Gasteiger partial charge in [-0.25, -0.2) is 14.3 Å². The van der Waals surface area contributed by atoms with Crippen LogP contribution in [-0.2, 0) is 46.5 Å². The van der Waals surface area contributed by atoms with E-state index in [4.69, 9.17) is 18.9 Å². The van der Waals surface area contributed by atoms with Crippen LogP contribution >= 0.6 is 11.8 Å². The van der Waals surface area contributed by atoms with Gasteiger partial charge in [0.15, 0.2) is 0 Å². The Bertz CT molecular complexity index is 1310. The summed E-state index contributed by atoms with van der Waals surface area (Å²) in [7, 11) is 0. The summed E-state index contributed by atoms with van der Waals surface area (Å²) in [6.45, 7) is 1.74. The van der Waals surface area contributed by atoms with E-state index in [1.165, 1.54) is 10.9 Å². The van der Waals surface area contributed by atoms with Crippen molar-refractivity contribution in [2.75, 3.05) is 45.3 Å². The molecule has 4 heterocycles. The Kier molecular flexibility index (Phi) is 15.6. The van der Waals surface area contributed by atoms with E-state index >= 15 is 0 Å². The molecule has 21 heteroatoms. The number of aromatic nitrogens is 3. The van der Waals surface area contributed by atoms with Gasteiger partial charge in [-0.2, -0.15) is 11.8 Å². The van der Waals surface area contributed by atoms with E-state index in [9.17, 15) is 44.7 Å². The third kappa shape index (κ3) is 11.7. The molecule has 9 N–H and O–H groups in total. The predicted octanol–water partition coefficient (Wildman–Crippen LogP) is -3.18. The van der Waals surface area contributed by atoms with E-state index in [1.54, 1.807) is 0 Å². The second-order valence-electron chi connectivity index (χ2n) is 12.6. The van der Waals surface area contributed by atoms with Crippen LogP contribution in [0.4, 0.5) is 4.79 Å². The molecule has 9 atom stereocenters. The molecule has 0 aromatic carbocycles. The first-order chi connectivity index (χ1) is 24.4. The number of carboxylic acid groups (broad SMARTS) is 1. The van der Waals surface area contributed by atoms with Gasteiger partial charge in [0, 0.05) is 37.3 Å². The number of thioether (sulfide) groups is 1. The van der Waals surface area contributed by atoms with E-state index < -0.39 is 67.8 Å². The fourth-order valence-corrected chi connectivity index (χ4v) is 7.63. The first kappa shape index (κ1) is 40.6. The summed E-state index contributed by atoms with van der Waals surface area (Å²) in [4.78, 5) is 47.5. The molecule has 4 amide bonds. The highest BCUT2D eigenvalue weighted by atomic mass is 32.2. The van der Waals surface area contributed by atoms with Gasteiger partial charge < -0.3 is 65.7 Å². The van der Waals surface area contributed by atoms with Crippen molar-refractivity contribution < 1.29 is 63.7 Å². The number of fused-ring (bicyclic) bond motifs is 1. The molecule has 3 aliphatic rings. The maximum atomic E-state index is 12.3. The molecular formula is C30H49N7O13S. The van der Waals surface area contributed by atoms with Crippen LogP contribution in [0, 0.1) is 0 Å². The summed E-state index contributed by atoms with van der Waals surface area (Å²) in [6, 6.07) is -1.02. The lowest BCUT2D eigenvalue weighted by molar-refractivity contribution is -0.315. The predicted molar refractivity (Wildman–Crippen MR) is 176 cm³/mol. The number of nitrogens with zero attached hydrogens (tertiary/aromatic N) is 3. The topological polar surface area (TPSA) is 285 Å². The van der Waals surface area contributed by atoms with Crippen LogP contribution in [-0.4, -0.2) is 163 Å². The summed E-state index contributed by atoms with van der Waals surface area (Å²) < 4.78 is 23.6. The second kappa shape index (κ2) is 19.6. The number of aliphatic hydroxyl groups is 4. The molecular weight excluding hydrogens is 698 g/mol. The summed E-state index contributed by atoms with van der Waals surface area (Å²) in [5, 5.41) is 69.8. The number of ether oxygens (including phenoxy) is 4. The Morgan fingerprint density at radius 2 is 1.94 bits per heavy atom. The lowest BCUT2D eigenvalue weighted by atomic mass is 9.88. The normalized spacial score (nSPS) is 28.4. The minimum Gasteiger partial charge on any atom is -0.477 e. The molecule has 3 aliphatic heterocycles. The summed E-state index contributed by atoms with van der Waals surface area (Å²) in [6.07, 6.45) is -2.90. The number of aliphatic carboxylic acids is 1. The average Bonchev–Trinajstić information content (AvgIpc) is 3.81. The van der Waals surface area contributed by atoms with Crippen molar-refractivity contribution in [1.29, 1.82) is 0 Å². The van der Waals surface area contributed by atoms with E-state index in [0.717, 1.165) is 31.9 Å². The number of amides is 4. The number of nitrogens with one attached hydrogen (secondary N) is 4. The van der Waals surface area contributed by atoms with Crippen LogP contribution in [0.15, 0.2) is 6.20 Å². The average molecular weight is 748 g/mol. The minimum atomic E-state index is -2.49. The van der Waals surface area contributed by atoms with Crippen LogP contribution in [0.5, 0.6) is 0 Å². The van der Waals surface area contributed by atoms with Crippen LogP contribution in [0.2, 0.25) is 0 Å². The Morgan fingerprint density at radius 3 is 2.67 bits per heavy atom. The number of carboxylic acids is 1. The largest absolute Gasteiger partial charge is 0.477 e. The molecule has 0 radical (unpaired) electrons. The van der Waals surface area contributed by atoms with Crippen molar-refractivity contribution in [3.63, 3.8) is 0 Å². The highest BCUT2D eigenvalue weighted by Gasteiger charge is 2.56. The van der Waals surface area contributed by atoms with Gasteiger partial charge in [-0.05, 0) is 12.8 Å². The zero-order valence-corrected chi connectivity index (χ0v) is 29.2. The number of hydrogen-bond acceptors (Lipinski definition) is 15. The Labute approximate surface area is 298 Å². The summed E-state index contributed by atoms with van der Waals surface area (Å²) in [5.41, 5.74) is 0.221.